The van der Waals surface area contributed by atoms with E-state index in [0.29, 0.717) is 0 Å². The molecular weight excluding hydrogens is 611 g/mol. The Kier molecular flexibility index (Phi) is 5.14. The van der Waals surface area contributed by atoms with Crippen LogP contribution in [0.2, 0.25) is 0 Å². The van der Waals surface area contributed by atoms with Crippen molar-refractivity contribution in [2.45, 2.75) is 0 Å². The summed E-state index contributed by atoms with van der Waals surface area (Å²) in [6.45, 7) is 0. The van der Waals surface area contributed by atoms with Crippen LogP contribution in [0.25, 0.3) is 101 Å². The Morgan fingerprint density at radius 3 is 1.94 bits per heavy atom. The number of nitrogens with zero attached hydrogens (tertiary/aromatic N) is 3. The van der Waals surface area contributed by atoms with Crippen LogP contribution in [0.4, 0.5) is 0 Å². The summed E-state index contributed by atoms with van der Waals surface area (Å²) in [7, 11) is 0. The third-order valence-electron chi connectivity index (χ3n) is 9.59. The topological polar surface area (TPSA) is 30.7 Å². The number of thiophene rings is 2. The van der Waals surface area contributed by atoms with Gasteiger partial charge in [-0.25, -0.2) is 9.97 Å². The molecule has 0 amide bonds. The zero-order valence-corrected chi connectivity index (χ0v) is 26.6. The maximum atomic E-state index is 5.53. The smallest absolute Gasteiger partial charge is 0.163 e. The van der Waals surface area contributed by atoms with Crippen LogP contribution in [0, 0.1) is 0 Å². The molecule has 7 aromatic carbocycles. The molecule has 5 heteroatoms. The van der Waals surface area contributed by atoms with Crippen molar-refractivity contribution in [2.24, 2.45) is 0 Å². The van der Waals surface area contributed by atoms with Crippen LogP contribution >= 0.6 is 22.7 Å². The summed E-state index contributed by atoms with van der Waals surface area (Å²) in [6, 6.07) is 50.3. The minimum Gasteiger partial charge on any atom is -0.292 e. The fourth-order valence-corrected chi connectivity index (χ4v) is 9.91. The number of benzene rings is 7. The molecule has 0 atom stereocenters. The average molecular weight is 634 g/mol. The third kappa shape index (κ3) is 3.50. The SMILES string of the molecule is c1ccc2cc(-c3nc(-n4c5ccccc5c5c6sc7ccccc7c6c6ccccc6c54)c4c(n3)sc3ccccc34)ccc2c1. The predicted molar refractivity (Wildman–Crippen MR) is 203 cm³/mol. The van der Waals surface area contributed by atoms with Crippen molar-refractivity contribution in [3.63, 3.8) is 0 Å². The molecular formula is C42H23N3S2. The first kappa shape index (κ1) is 25.6. The van der Waals surface area contributed by atoms with Gasteiger partial charge in [0.2, 0.25) is 0 Å². The first-order valence-electron chi connectivity index (χ1n) is 15.8. The highest BCUT2D eigenvalue weighted by Crippen LogP contribution is 2.49. The van der Waals surface area contributed by atoms with E-state index in [9.17, 15) is 0 Å². The van der Waals surface area contributed by atoms with Gasteiger partial charge < -0.3 is 0 Å². The van der Waals surface area contributed by atoms with E-state index < -0.39 is 0 Å². The van der Waals surface area contributed by atoms with E-state index in [0.717, 1.165) is 32.9 Å². The molecule has 0 bridgehead atoms. The number of hydrogen-bond acceptors (Lipinski definition) is 4. The molecule has 0 fully saturated rings. The van der Waals surface area contributed by atoms with Gasteiger partial charge in [-0.15, -0.1) is 22.7 Å². The molecule has 0 aliphatic rings. The Labute approximate surface area is 276 Å². The van der Waals surface area contributed by atoms with Gasteiger partial charge in [0.15, 0.2) is 11.6 Å². The van der Waals surface area contributed by atoms with Gasteiger partial charge in [-0.3, -0.25) is 4.57 Å². The summed E-state index contributed by atoms with van der Waals surface area (Å²) in [5.74, 6) is 1.66. The zero-order valence-electron chi connectivity index (χ0n) is 24.9. The lowest BCUT2D eigenvalue weighted by Gasteiger charge is -2.13. The van der Waals surface area contributed by atoms with E-state index in [2.05, 4.69) is 144 Å². The molecule has 0 saturated heterocycles. The van der Waals surface area contributed by atoms with E-state index in [1.165, 1.54) is 68.1 Å². The molecule has 0 unspecified atom stereocenters. The normalized spacial score (nSPS) is 12.3. The molecule has 11 rings (SSSR count). The molecule has 47 heavy (non-hydrogen) atoms. The molecule has 0 aliphatic heterocycles. The van der Waals surface area contributed by atoms with Crippen molar-refractivity contribution >= 4 is 106 Å². The minimum atomic E-state index is 0.739. The van der Waals surface area contributed by atoms with Crippen LogP contribution in [0.1, 0.15) is 0 Å². The third-order valence-corrected chi connectivity index (χ3v) is 11.8. The van der Waals surface area contributed by atoms with Crippen LogP contribution in [0.5, 0.6) is 0 Å². The van der Waals surface area contributed by atoms with E-state index in [4.69, 9.17) is 9.97 Å². The molecule has 0 radical (unpaired) electrons. The summed E-state index contributed by atoms with van der Waals surface area (Å²) < 4.78 is 6.28. The Hall–Kier alpha value is -5.62. The van der Waals surface area contributed by atoms with Gasteiger partial charge in [-0.2, -0.15) is 0 Å². The van der Waals surface area contributed by atoms with Crippen LogP contribution in [0.15, 0.2) is 140 Å². The molecule has 0 N–H and O–H groups in total. The van der Waals surface area contributed by atoms with E-state index in [1.54, 1.807) is 11.3 Å². The molecule has 218 valence electrons. The number of aromatic nitrogens is 3. The van der Waals surface area contributed by atoms with E-state index in [1.807, 2.05) is 11.3 Å². The number of fused-ring (bicyclic) bond motifs is 14. The second-order valence-electron chi connectivity index (χ2n) is 12.1. The van der Waals surface area contributed by atoms with Crippen LogP contribution in [-0.4, -0.2) is 14.5 Å². The maximum absolute atomic E-state index is 5.53. The highest BCUT2D eigenvalue weighted by atomic mass is 32.1. The van der Waals surface area contributed by atoms with Crippen molar-refractivity contribution in [1.82, 2.24) is 14.5 Å². The molecule has 0 saturated carbocycles. The molecule has 4 heterocycles. The molecule has 3 nitrogen and oxygen atoms in total. The van der Waals surface area contributed by atoms with Crippen molar-refractivity contribution in [1.29, 1.82) is 0 Å². The van der Waals surface area contributed by atoms with Gasteiger partial charge in [0.1, 0.15) is 4.83 Å². The molecule has 11 aromatic rings. The van der Waals surface area contributed by atoms with Crippen molar-refractivity contribution < 1.29 is 0 Å². The second-order valence-corrected chi connectivity index (χ2v) is 14.2. The lowest BCUT2D eigenvalue weighted by atomic mass is 10.00. The predicted octanol–water partition coefficient (Wildman–Crippen LogP) is 12.3. The number of para-hydroxylation sites is 1. The van der Waals surface area contributed by atoms with Gasteiger partial charge in [0.05, 0.1) is 16.4 Å². The van der Waals surface area contributed by atoms with Gasteiger partial charge in [-0.1, -0.05) is 115 Å². The average Bonchev–Trinajstić information content (AvgIpc) is 3.81. The fourth-order valence-electron chi connectivity index (χ4n) is 7.57. The lowest BCUT2D eigenvalue weighted by molar-refractivity contribution is 1.08. The van der Waals surface area contributed by atoms with Gasteiger partial charge in [-0.05, 0) is 40.4 Å². The highest BCUT2D eigenvalue weighted by molar-refractivity contribution is 7.27. The summed E-state index contributed by atoms with van der Waals surface area (Å²) >= 11 is 3.64. The van der Waals surface area contributed by atoms with Gasteiger partial charge in [0.25, 0.3) is 0 Å². The fraction of sp³-hybridized carbons (Fsp3) is 0. The molecule has 4 aromatic heterocycles. The summed E-state index contributed by atoms with van der Waals surface area (Å²) in [4.78, 5) is 11.8. The van der Waals surface area contributed by atoms with Crippen molar-refractivity contribution in [3.8, 4) is 17.2 Å². The Morgan fingerprint density at radius 1 is 0.468 bits per heavy atom. The largest absolute Gasteiger partial charge is 0.292 e. The summed E-state index contributed by atoms with van der Waals surface area (Å²) in [5.41, 5.74) is 3.36. The number of rotatable bonds is 2. The first-order chi connectivity index (χ1) is 23.3. The van der Waals surface area contributed by atoms with Crippen LogP contribution < -0.4 is 0 Å². The van der Waals surface area contributed by atoms with E-state index in [-0.39, 0.29) is 0 Å². The standard InChI is InChI=1S/C42H23N3S2/c1-2-12-25-23-26(22-21-24(25)11-1)40-43-41(37-31-17-7-10-20-34(31)47-42(37)44-40)45-32-18-8-5-15-29(32)36-38(45)28-14-4-3-13-27(28)35-30-16-6-9-19-33(30)46-39(35)36/h1-23H. The second kappa shape index (κ2) is 9.46. The quantitative estimate of drug-likeness (QED) is 0.190. The first-order valence-corrected chi connectivity index (χ1v) is 17.4. The minimum absolute atomic E-state index is 0.739. The van der Waals surface area contributed by atoms with Crippen LogP contribution in [0.3, 0.4) is 0 Å². The zero-order chi connectivity index (χ0) is 30.6. The Bertz CT molecular complexity index is 3090. The molecule has 0 spiro atoms. The van der Waals surface area contributed by atoms with E-state index >= 15 is 0 Å². The monoisotopic (exact) mass is 633 g/mol. The highest BCUT2D eigenvalue weighted by Gasteiger charge is 2.25. The van der Waals surface area contributed by atoms with Crippen molar-refractivity contribution in [2.75, 3.05) is 0 Å². The number of hydrogen-bond donors (Lipinski definition) is 0. The lowest BCUT2D eigenvalue weighted by Crippen LogP contribution is -2.02. The summed E-state index contributed by atoms with van der Waals surface area (Å²) in [5, 5.41) is 12.3. The van der Waals surface area contributed by atoms with Crippen molar-refractivity contribution in [3.05, 3.63) is 140 Å². The van der Waals surface area contributed by atoms with Gasteiger partial charge >= 0.3 is 0 Å². The Morgan fingerprint density at radius 2 is 1.11 bits per heavy atom. The summed E-state index contributed by atoms with van der Waals surface area (Å²) in [6.07, 6.45) is 0. The van der Waals surface area contributed by atoms with Gasteiger partial charge in [0, 0.05) is 52.0 Å². The van der Waals surface area contributed by atoms with Crippen LogP contribution in [-0.2, 0) is 0 Å². The Balaban J connectivity index is 1.37. The maximum Gasteiger partial charge on any atom is 0.163 e. The molecule has 0 aliphatic carbocycles.